The van der Waals surface area contributed by atoms with Gasteiger partial charge in [0.15, 0.2) is 0 Å². The van der Waals surface area contributed by atoms with Crippen molar-refractivity contribution in [3.63, 3.8) is 0 Å². The van der Waals surface area contributed by atoms with Crippen LogP contribution in [0.15, 0.2) is 12.2 Å². The largest absolute Gasteiger partial charge is 0.472 e. The second-order valence-electron chi connectivity index (χ2n) is 8.57. The van der Waals surface area contributed by atoms with Crippen LogP contribution >= 0.6 is 7.82 Å². The maximum Gasteiger partial charge on any atom is 0.472 e. The van der Waals surface area contributed by atoms with E-state index in [1.165, 1.54) is 51.4 Å². The predicted octanol–water partition coefficient (Wildman–Crippen LogP) is 4.41. The van der Waals surface area contributed by atoms with Crippen LogP contribution in [0.1, 0.15) is 96.8 Å². The fraction of sp³-hybridized carbons (Fsp3) is 0.875. The second-order valence-corrected chi connectivity index (χ2v) is 10.0. The third-order valence-corrected chi connectivity index (χ3v) is 6.10. The molecule has 0 radical (unpaired) electrons. The molecule has 34 heavy (non-hydrogen) atoms. The van der Waals surface area contributed by atoms with Gasteiger partial charge in [-0.05, 0) is 32.1 Å². The standard InChI is InChI=1S/C24H47O9P/c1-2-3-4-5-6-7-8-9-10-11-12-13-14-15-16-17-24(28)31-19-23(27)21-33-34(29,30)32-20-22(26)18-25/h7-8,22-23,25-27H,2-6,9-21H2,1H3,(H,29,30)/b8-7+. The maximum absolute atomic E-state index is 11.7. The molecule has 0 heterocycles. The van der Waals surface area contributed by atoms with Crippen molar-refractivity contribution >= 4 is 13.8 Å². The lowest BCUT2D eigenvalue weighted by Crippen LogP contribution is -2.24. The number of hydrogen-bond acceptors (Lipinski definition) is 8. The first kappa shape index (κ1) is 33.2. The van der Waals surface area contributed by atoms with Gasteiger partial charge in [0.05, 0.1) is 19.8 Å². The van der Waals surface area contributed by atoms with Gasteiger partial charge in [-0.1, -0.05) is 70.4 Å². The number of ether oxygens (including phenoxy) is 1. The lowest BCUT2D eigenvalue weighted by molar-refractivity contribution is -0.147. The van der Waals surface area contributed by atoms with E-state index in [1.807, 2.05) is 0 Å². The van der Waals surface area contributed by atoms with E-state index in [4.69, 9.17) is 14.9 Å². The molecule has 0 bridgehead atoms. The summed E-state index contributed by atoms with van der Waals surface area (Å²) in [5.41, 5.74) is 0. The average Bonchev–Trinajstić information content (AvgIpc) is 2.82. The molecule has 0 aromatic heterocycles. The number of aliphatic hydroxyl groups excluding tert-OH is 3. The van der Waals surface area contributed by atoms with Gasteiger partial charge in [-0.3, -0.25) is 13.8 Å². The number of phosphoric ester groups is 1. The van der Waals surface area contributed by atoms with Crippen LogP contribution < -0.4 is 0 Å². The number of hydrogen-bond donors (Lipinski definition) is 4. The first-order valence-electron chi connectivity index (χ1n) is 12.7. The lowest BCUT2D eigenvalue weighted by Gasteiger charge is -2.16. The van der Waals surface area contributed by atoms with Crippen LogP contribution in [-0.2, 0) is 23.1 Å². The van der Waals surface area contributed by atoms with Crippen molar-refractivity contribution in [3.8, 4) is 0 Å². The molecule has 0 saturated carbocycles. The van der Waals surface area contributed by atoms with E-state index in [9.17, 15) is 19.4 Å². The quantitative estimate of drug-likeness (QED) is 0.0642. The summed E-state index contributed by atoms with van der Waals surface area (Å²) in [5, 5.41) is 27.4. The number of unbranched alkanes of at least 4 members (excludes halogenated alkanes) is 11. The number of aliphatic hydroxyl groups is 3. The fourth-order valence-corrected chi connectivity index (χ4v) is 3.90. The number of phosphoric acid groups is 1. The van der Waals surface area contributed by atoms with Crippen molar-refractivity contribution in [2.24, 2.45) is 0 Å². The molecule has 0 rings (SSSR count). The molecule has 10 heteroatoms. The van der Waals surface area contributed by atoms with Crippen molar-refractivity contribution in [3.05, 3.63) is 12.2 Å². The minimum atomic E-state index is -4.48. The van der Waals surface area contributed by atoms with Crippen LogP contribution in [0.5, 0.6) is 0 Å². The van der Waals surface area contributed by atoms with Gasteiger partial charge in [0, 0.05) is 6.42 Å². The van der Waals surface area contributed by atoms with E-state index in [2.05, 4.69) is 28.1 Å². The SMILES string of the molecule is CCCCCC/C=C/CCCCCCCCCC(=O)OCC(O)COP(=O)(O)OCC(O)CO. The smallest absolute Gasteiger partial charge is 0.463 e. The molecule has 0 aromatic rings. The molecular formula is C24H47O9P. The number of esters is 1. The number of allylic oxidation sites excluding steroid dienone is 2. The molecular weight excluding hydrogens is 463 g/mol. The van der Waals surface area contributed by atoms with E-state index < -0.39 is 45.8 Å². The third kappa shape index (κ3) is 23.0. The van der Waals surface area contributed by atoms with Crippen molar-refractivity contribution in [1.82, 2.24) is 0 Å². The first-order valence-corrected chi connectivity index (χ1v) is 14.2. The van der Waals surface area contributed by atoms with Gasteiger partial charge in [-0.25, -0.2) is 4.57 Å². The van der Waals surface area contributed by atoms with Crippen molar-refractivity contribution in [1.29, 1.82) is 0 Å². The van der Waals surface area contributed by atoms with E-state index in [0.29, 0.717) is 0 Å². The van der Waals surface area contributed by atoms with E-state index >= 15 is 0 Å². The Balaban J connectivity index is 3.55. The summed E-state index contributed by atoms with van der Waals surface area (Å²) < 4.78 is 25.5. The van der Waals surface area contributed by atoms with Gasteiger partial charge in [0.2, 0.25) is 0 Å². The Morgan fingerprint density at radius 2 is 1.29 bits per heavy atom. The van der Waals surface area contributed by atoms with Crippen molar-refractivity contribution < 1.29 is 43.4 Å². The van der Waals surface area contributed by atoms with Gasteiger partial charge in [0.1, 0.15) is 18.8 Å². The molecule has 9 nitrogen and oxygen atoms in total. The van der Waals surface area contributed by atoms with Gasteiger partial charge in [-0.2, -0.15) is 0 Å². The normalized spacial score (nSPS) is 15.3. The van der Waals surface area contributed by atoms with Crippen LogP contribution in [0.2, 0.25) is 0 Å². The Morgan fingerprint density at radius 1 is 0.794 bits per heavy atom. The summed E-state index contributed by atoms with van der Waals surface area (Å²) in [6.45, 7) is 0.0746. The molecule has 0 fully saturated rings. The molecule has 0 spiro atoms. The fourth-order valence-electron chi connectivity index (χ4n) is 3.10. The molecule has 0 aromatic carbocycles. The zero-order valence-corrected chi connectivity index (χ0v) is 21.7. The Bertz CT molecular complexity index is 557. The summed E-state index contributed by atoms with van der Waals surface area (Å²) in [7, 11) is -4.48. The predicted molar refractivity (Wildman–Crippen MR) is 131 cm³/mol. The van der Waals surface area contributed by atoms with E-state index in [1.54, 1.807) is 0 Å². The van der Waals surface area contributed by atoms with Gasteiger partial charge in [-0.15, -0.1) is 0 Å². The highest BCUT2D eigenvalue weighted by molar-refractivity contribution is 7.47. The van der Waals surface area contributed by atoms with E-state index in [0.717, 1.165) is 32.1 Å². The molecule has 202 valence electrons. The minimum absolute atomic E-state index is 0.261. The number of rotatable bonds is 24. The average molecular weight is 511 g/mol. The van der Waals surface area contributed by atoms with E-state index in [-0.39, 0.29) is 13.0 Å². The van der Waals surface area contributed by atoms with Crippen LogP contribution in [0.4, 0.5) is 0 Å². The number of carbonyl (C=O) groups is 1. The van der Waals surface area contributed by atoms with Crippen LogP contribution in [0.25, 0.3) is 0 Å². The van der Waals surface area contributed by atoms with Crippen LogP contribution in [0.3, 0.4) is 0 Å². The Labute approximate surface area is 205 Å². The molecule has 0 aliphatic heterocycles. The summed E-state index contributed by atoms with van der Waals surface area (Å²) in [6, 6.07) is 0. The molecule has 0 saturated heterocycles. The summed E-state index contributed by atoms with van der Waals surface area (Å²) >= 11 is 0. The molecule has 0 amide bonds. The van der Waals surface area contributed by atoms with Crippen LogP contribution in [0, 0.1) is 0 Å². The Hall–Kier alpha value is -0.800. The molecule has 0 aliphatic rings. The Kier molecular flexibility index (Phi) is 22.1. The Morgan fingerprint density at radius 3 is 1.85 bits per heavy atom. The second kappa shape index (κ2) is 22.7. The zero-order valence-electron chi connectivity index (χ0n) is 20.8. The lowest BCUT2D eigenvalue weighted by atomic mass is 10.1. The van der Waals surface area contributed by atoms with Gasteiger partial charge >= 0.3 is 13.8 Å². The summed E-state index contributed by atoms with van der Waals surface area (Å²) in [6.07, 6.45) is 17.5. The highest BCUT2D eigenvalue weighted by atomic mass is 31.2. The molecule has 0 aliphatic carbocycles. The molecule has 3 unspecified atom stereocenters. The highest BCUT2D eigenvalue weighted by Gasteiger charge is 2.24. The maximum atomic E-state index is 11.7. The minimum Gasteiger partial charge on any atom is -0.463 e. The topological polar surface area (TPSA) is 143 Å². The van der Waals surface area contributed by atoms with Crippen molar-refractivity contribution in [2.75, 3.05) is 26.4 Å². The molecule has 4 N–H and O–H groups in total. The third-order valence-electron chi connectivity index (χ3n) is 5.15. The number of carbonyl (C=O) groups excluding carboxylic acids is 1. The monoisotopic (exact) mass is 510 g/mol. The summed E-state index contributed by atoms with van der Waals surface area (Å²) in [4.78, 5) is 21.1. The van der Waals surface area contributed by atoms with Crippen molar-refractivity contribution in [2.45, 2.75) is 109 Å². The van der Waals surface area contributed by atoms with Gasteiger partial charge < -0.3 is 24.9 Å². The van der Waals surface area contributed by atoms with Gasteiger partial charge in [0.25, 0.3) is 0 Å². The first-order chi connectivity index (χ1) is 16.3. The summed E-state index contributed by atoms with van der Waals surface area (Å²) in [5.74, 6) is -0.435. The highest BCUT2D eigenvalue weighted by Crippen LogP contribution is 2.43. The zero-order chi connectivity index (χ0) is 25.5. The molecule has 3 atom stereocenters. The van der Waals surface area contributed by atoms with Crippen LogP contribution in [-0.4, -0.2) is 64.8 Å².